The van der Waals surface area contributed by atoms with Crippen molar-refractivity contribution in [1.29, 1.82) is 0 Å². The molecule has 1 rings (SSSR count). The van der Waals surface area contributed by atoms with Crippen LogP contribution in [0.4, 0.5) is 0 Å². The Morgan fingerprint density at radius 3 is 3.00 bits per heavy atom. The molecule has 0 saturated carbocycles. The van der Waals surface area contributed by atoms with Gasteiger partial charge in [-0.25, -0.2) is 0 Å². The normalized spacial score (nSPS) is 9.58. The number of carbonyl (C=O) groups is 1. The van der Waals surface area contributed by atoms with E-state index in [2.05, 4.69) is 50.2 Å². The zero-order valence-corrected chi connectivity index (χ0v) is 8.41. The summed E-state index contributed by atoms with van der Waals surface area (Å²) in [5, 5.41) is 0. The van der Waals surface area contributed by atoms with Gasteiger partial charge < -0.3 is 0 Å². The molecule has 0 N–H and O–H groups in total. The minimum atomic E-state index is 0.754. The first-order valence-corrected chi connectivity index (χ1v) is 4.59. The third-order valence-electron chi connectivity index (χ3n) is 1.66. The molecule has 0 aliphatic heterocycles. The van der Waals surface area contributed by atoms with E-state index < -0.39 is 0 Å². The summed E-state index contributed by atoms with van der Waals surface area (Å²) in [7, 11) is 0. The average molecular weight is 318 g/mol. The Morgan fingerprint density at radius 2 is 2.42 bits per heavy atom. The van der Waals surface area contributed by atoms with Gasteiger partial charge >= 0.3 is 104 Å². The molecule has 0 aliphatic rings. The topological polar surface area (TPSA) is 17.1 Å². The van der Waals surface area contributed by atoms with Crippen molar-refractivity contribution in [3.8, 4) is 0 Å². The molecule has 0 atom stereocenters. The van der Waals surface area contributed by atoms with Crippen LogP contribution in [0.25, 0.3) is 0 Å². The van der Waals surface area contributed by atoms with Gasteiger partial charge in [-0.2, -0.15) is 0 Å². The zero-order valence-electron chi connectivity index (χ0n) is 6.69. The Hall–Kier alpha value is 0.279. The zero-order chi connectivity index (χ0) is 8.97. The van der Waals surface area contributed by atoms with E-state index in [0.29, 0.717) is 0 Å². The van der Waals surface area contributed by atoms with Gasteiger partial charge in [-0.3, -0.25) is 0 Å². The Kier molecular flexibility index (Phi) is 4.41. The van der Waals surface area contributed by atoms with Crippen LogP contribution in [0.5, 0.6) is 0 Å². The van der Waals surface area contributed by atoms with Gasteiger partial charge in [0.25, 0.3) is 0 Å². The van der Waals surface area contributed by atoms with Gasteiger partial charge in [-0.15, -0.1) is 0 Å². The van der Waals surface area contributed by atoms with Crippen molar-refractivity contribution in [3.63, 3.8) is 0 Å². The molecular formula is C10H9OYb-. The third kappa shape index (κ3) is 2.65. The quantitative estimate of drug-likeness (QED) is 0.610. The minimum absolute atomic E-state index is 0.754. The molecule has 2 heteroatoms. The summed E-state index contributed by atoms with van der Waals surface area (Å²) in [6.45, 7) is 1.91. The molecule has 0 spiro atoms. The van der Waals surface area contributed by atoms with Crippen LogP contribution in [0.2, 0.25) is 0 Å². The number of carbonyl (C=O) groups excluding carboxylic acids is 1. The fourth-order valence-corrected chi connectivity index (χ4v) is 1.31. The number of aryl methyl sites for hydroxylation is 1. The van der Waals surface area contributed by atoms with Gasteiger partial charge in [0, 0.05) is 0 Å². The Morgan fingerprint density at radius 1 is 1.67 bits per heavy atom. The van der Waals surface area contributed by atoms with Gasteiger partial charge in [-0.05, 0) is 0 Å². The fourth-order valence-electron chi connectivity index (χ4n) is 0.931. The van der Waals surface area contributed by atoms with E-state index in [9.17, 15) is 4.79 Å². The van der Waals surface area contributed by atoms with Crippen molar-refractivity contribution in [2.45, 2.75) is 13.3 Å². The van der Waals surface area contributed by atoms with Gasteiger partial charge in [0.05, 0.1) is 0 Å². The SMILES string of the molecule is Cc1c[c-]c(C[CH]=[Yb])cc1C=O. The second-order valence-corrected chi connectivity index (χ2v) is 3.23. The van der Waals surface area contributed by atoms with Crippen molar-refractivity contribution in [3.05, 3.63) is 34.9 Å². The summed E-state index contributed by atoms with van der Waals surface area (Å²) in [5.74, 6) is 0. The summed E-state index contributed by atoms with van der Waals surface area (Å²) >= 11 is 2.90. The van der Waals surface area contributed by atoms with Gasteiger partial charge in [-0.1, -0.05) is 0 Å². The second-order valence-electron chi connectivity index (χ2n) is 2.53. The van der Waals surface area contributed by atoms with E-state index >= 15 is 0 Å². The number of benzene rings is 1. The van der Waals surface area contributed by atoms with Crippen LogP contribution in [-0.2, 0) is 6.42 Å². The Bertz CT molecular complexity index is 305. The molecule has 0 heterocycles. The summed E-state index contributed by atoms with van der Waals surface area (Å²) in [4.78, 5) is 10.6. The number of hydrogen-bond donors (Lipinski definition) is 0. The van der Waals surface area contributed by atoms with Crippen LogP contribution in [0.1, 0.15) is 21.5 Å². The monoisotopic (exact) mass is 319 g/mol. The summed E-state index contributed by atoms with van der Waals surface area (Å²) in [6.07, 6.45) is 1.69. The van der Waals surface area contributed by atoms with Crippen LogP contribution in [0.15, 0.2) is 12.1 Å². The first-order valence-electron chi connectivity index (χ1n) is 3.60. The molecule has 0 fully saturated rings. The van der Waals surface area contributed by atoms with E-state index in [4.69, 9.17) is 0 Å². The Labute approximate surface area is 103 Å². The predicted molar refractivity (Wildman–Crippen MR) is 45.2 cm³/mol. The first kappa shape index (κ1) is 10.4. The fraction of sp³-hybridized carbons (Fsp3) is 0.200. The number of aldehydes is 1. The van der Waals surface area contributed by atoms with Crippen molar-refractivity contribution < 1.29 is 48.9 Å². The summed E-state index contributed by atoms with van der Waals surface area (Å²) in [5.41, 5.74) is 2.77. The third-order valence-corrected chi connectivity index (χ3v) is 2.01. The molecule has 0 saturated heterocycles. The van der Waals surface area contributed by atoms with Crippen molar-refractivity contribution in [1.82, 2.24) is 0 Å². The van der Waals surface area contributed by atoms with Crippen LogP contribution < -0.4 is 0 Å². The molecular weight excluding hydrogens is 309 g/mol. The number of hydrogen-bond acceptors (Lipinski definition) is 1. The molecule has 1 aromatic carbocycles. The van der Waals surface area contributed by atoms with E-state index in [0.717, 1.165) is 29.4 Å². The second kappa shape index (κ2) is 5.11. The van der Waals surface area contributed by atoms with Crippen molar-refractivity contribution in [2.75, 3.05) is 0 Å². The van der Waals surface area contributed by atoms with Crippen LogP contribution in [0.3, 0.4) is 0 Å². The van der Waals surface area contributed by atoms with Crippen LogP contribution in [0, 0.1) is 57.1 Å². The van der Waals surface area contributed by atoms with Gasteiger partial charge in [0.1, 0.15) is 0 Å². The van der Waals surface area contributed by atoms with Crippen LogP contribution >= 0.6 is 0 Å². The molecule has 0 radical (unpaired) electrons. The van der Waals surface area contributed by atoms with Crippen LogP contribution in [-0.4, -0.2) is 7.02 Å². The van der Waals surface area contributed by atoms with Crippen molar-refractivity contribution in [2.24, 2.45) is 0 Å². The van der Waals surface area contributed by atoms with E-state index in [1.54, 1.807) is 0 Å². The summed E-state index contributed by atoms with van der Waals surface area (Å²) in [6, 6.07) is 6.82. The average Bonchev–Trinajstić information content (AvgIpc) is 2.09. The van der Waals surface area contributed by atoms with Crippen molar-refractivity contribution >= 4 is 7.02 Å². The molecule has 70 valence electrons. The molecule has 0 aromatic heterocycles. The molecule has 0 amide bonds. The Balaban J connectivity index is 3.04. The molecule has 0 bridgehead atoms. The molecule has 1 nitrogen and oxygen atoms in total. The molecule has 0 aliphatic carbocycles. The van der Waals surface area contributed by atoms with E-state index in [1.165, 1.54) is 0 Å². The van der Waals surface area contributed by atoms with E-state index in [-0.39, 0.29) is 0 Å². The first-order chi connectivity index (χ1) is 5.77. The standard InChI is InChI=1S/C10H9O.Yb/c1-3-9-5-4-8(2)10(6-9)7-11;/h1,4,6-7H,3H2,2H3;/q-1;. The van der Waals surface area contributed by atoms with E-state index in [1.807, 2.05) is 19.8 Å². The molecule has 0 unspecified atom stereocenters. The maximum absolute atomic E-state index is 10.6. The molecule has 12 heavy (non-hydrogen) atoms. The van der Waals surface area contributed by atoms with Gasteiger partial charge in [0.15, 0.2) is 0 Å². The maximum atomic E-state index is 10.6. The predicted octanol–water partition coefficient (Wildman–Crippen LogP) is 1.50. The number of rotatable bonds is 3. The van der Waals surface area contributed by atoms with Gasteiger partial charge in [0.2, 0.25) is 0 Å². The molecule has 1 aromatic rings. The summed E-state index contributed by atoms with van der Waals surface area (Å²) < 4.78 is 1.91.